The second-order valence-electron chi connectivity index (χ2n) is 6.59. The van der Waals surface area contributed by atoms with Crippen LogP contribution in [0.15, 0.2) is 66.7 Å². The average Bonchev–Trinajstić information content (AvgIpc) is 3.12. The van der Waals surface area contributed by atoms with Crippen molar-refractivity contribution in [1.29, 1.82) is 0 Å². The molecule has 0 saturated carbocycles. The minimum atomic E-state index is 0.0298. The summed E-state index contributed by atoms with van der Waals surface area (Å²) in [6, 6.07) is 21.4. The van der Waals surface area contributed by atoms with Crippen molar-refractivity contribution in [3.05, 3.63) is 83.4 Å². The number of rotatable bonds is 5. The van der Waals surface area contributed by atoms with Crippen LogP contribution in [0.25, 0.3) is 20.5 Å². The molecule has 0 fully saturated rings. The molecule has 0 atom stereocenters. The van der Waals surface area contributed by atoms with Gasteiger partial charge in [0.15, 0.2) is 5.78 Å². The summed E-state index contributed by atoms with van der Waals surface area (Å²) in [6.07, 6.45) is 0. The Labute approximate surface area is 168 Å². The highest BCUT2D eigenvalue weighted by atomic mass is 32.1. The van der Waals surface area contributed by atoms with Crippen molar-refractivity contribution in [3.63, 3.8) is 0 Å². The second-order valence-corrected chi connectivity index (χ2v) is 7.64. The monoisotopic (exact) mass is 388 g/mol. The topological polar surface area (TPSA) is 35.5 Å². The Kier molecular flexibility index (Phi) is 4.88. The number of ether oxygens (including phenoxy) is 2. The van der Waals surface area contributed by atoms with Gasteiger partial charge in [0, 0.05) is 26.1 Å². The number of ketones is 1. The summed E-state index contributed by atoms with van der Waals surface area (Å²) >= 11 is 1.60. The molecule has 0 aliphatic rings. The average molecular weight is 388 g/mol. The lowest BCUT2D eigenvalue weighted by molar-refractivity contribution is 0.104. The molecule has 0 saturated heterocycles. The molecule has 0 unspecified atom stereocenters. The van der Waals surface area contributed by atoms with Crippen LogP contribution in [0.3, 0.4) is 0 Å². The minimum Gasteiger partial charge on any atom is -0.497 e. The van der Waals surface area contributed by atoms with Crippen molar-refractivity contribution in [2.75, 3.05) is 14.2 Å². The zero-order valence-electron chi connectivity index (χ0n) is 16.0. The fourth-order valence-corrected chi connectivity index (χ4v) is 4.46. The quantitative estimate of drug-likeness (QED) is 0.386. The first-order valence-electron chi connectivity index (χ1n) is 8.97. The van der Waals surface area contributed by atoms with Gasteiger partial charge in [0.2, 0.25) is 0 Å². The second kappa shape index (κ2) is 7.49. The van der Waals surface area contributed by atoms with Crippen LogP contribution in [-0.2, 0) is 0 Å². The molecule has 0 radical (unpaired) electrons. The summed E-state index contributed by atoms with van der Waals surface area (Å²) < 4.78 is 11.7. The first-order chi connectivity index (χ1) is 13.6. The van der Waals surface area contributed by atoms with E-state index in [2.05, 4.69) is 0 Å². The summed E-state index contributed by atoms with van der Waals surface area (Å²) in [5.74, 6) is 1.60. The minimum absolute atomic E-state index is 0.0298. The molecule has 0 N–H and O–H groups in total. The Balaban J connectivity index is 1.92. The number of hydrogen-bond acceptors (Lipinski definition) is 4. The van der Waals surface area contributed by atoms with E-state index in [-0.39, 0.29) is 5.78 Å². The first kappa shape index (κ1) is 18.3. The molecule has 140 valence electrons. The van der Waals surface area contributed by atoms with E-state index in [1.165, 1.54) is 0 Å². The lowest BCUT2D eigenvalue weighted by atomic mass is 9.97. The van der Waals surface area contributed by atoms with Crippen LogP contribution in [0.1, 0.15) is 21.5 Å². The van der Waals surface area contributed by atoms with Crippen molar-refractivity contribution in [2.45, 2.75) is 6.92 Å². The van der Waals surface area contributed by atoms with E-state index in [9.17, 15) is 4.79 Å². The normalized spacial score (nSPS) is 10.8. The number of thiophene rings is 1. The summed E-state index contributed by atoms with van der Waals surface area (Å²) in [6.45, 7) is 2.02. The summed E-state index contributed by atoms with van der Waals surface area (Å²) in [5, 5.41) is 0.946. The van der Waals surface area contributed by atoms with Gasteiger partial charge in [-0.1, -0.05) is 29.8 Å². The van der Waals surface area contributed by atoms with E-state index in [0.717, 1.165) is 43.2 Å². The van der Waals surface area contributed by atoms with E-state index in [1.807, 2.05) is 73.7 Å². The Morgan fingerprint density at radius 3 is 2.11 bits per heavy atom. The third kappa shape index (κ3) is 3.27. The number of fused-ring (bicyclic) bond motifs is 1. The maximum atomic E-state index is 13.5. The Morgan fingerprint density at radius 2 is 1.46 bits per heavy atom. The van der Waals surface area contributed by atoms with E-state index in [1.54, 1.807) is 25.6 Å². The lowest BCUT2D eigenvalue weighted by Crippen LogP contribution is -2.02. The molecule has 4 heteroatoms. The smallest absolute Gasteiger partial charge is 0.195 e. The first-order valence-corrected chi connectivity index (χ1v) is 9.78. The number of benzene rings is 3. The van der Waals surface area contributed by atoms with Gasteiger partial charge in [-0.15, -0.1) is 11.3 Å². The van der Waals surface area contributed by atoms with E-state index >= 15 is 0 Å². The van der Waals surface area contributed by atoms with Crippen LogP contribution in [0.4, 0.5) is 0 Å². The predicted octanol–water partition coefficient (Wildman–Crippen LogP) is 6.12. The molecule has 0 amide bonds. The lowest BCUT2D eigenvalue weighted by Gasteiger charge is -2.07. The number of carbonyl (C=O) groups excluding carboxylic acids is 1. The Hall–Kier alpha value is -3.11. The van der Waals surface area contributed by atoms with Gasteiger partial charge >= 0.3 is 0 Å². The third-order valence-electron chi connectivity index (χ3n) is 4.79. The SMILES string of the molecule is COc1ccc(-c2sc3cc(OC)ccc3c2C(=O)c2ccc(C)cc2)cc1. The zero-order chi connectivity index (χ0) is 19.7. The molecular weight excluding hydrogens is 368 g/mol. The molecule has 3 nitrogen and oxygen atoms in total. The van der Waals surface area contributed by atoms with Crippen LogP contribution in [0.5, 0.6) is 11.5 Å². The largest absolute Gasteiger partial charge is 0.497 e. The molecule has 4 aromatic rings. The van der Waals surface area contributed by atoms with Crippen molar-refractivity contribution in [1.82, 2.24) is 0 Å². The van der Waals surface area contributed by atoms with Crippen LogP contribution in [0.2, 0.25) is 0 Å². The number of carbonyl (C=O) groups is 1. The van der Waals surface area contributed by atoms with E-state index in [0.29, 0.717) is 5.56 Å². The number of methoxy groups -OCH3 is 2. The highest BCUT2D eigenvalue weighted by molar-refractivity contribution is 7.22. The maximum Gasteiger partial charge on any atom is 0.195 e. The van der Waals surface area contributed by atoms with E-state index in [4.69, 9.17) is 9.47 Å². The third-order valence-corrected chi connectivity index (χ3v) is 5.99. The maximum absolute atomic E-state index is 13.5. The summed E-state index contributed by atoms with van der Waals surface area (Å²) in [4.78, 5) is 14.4. The predicted molar refractivity (Wildman–Crippen MR) is 115 cm³/mol. The molecule has 4 rings (SSSR count). The summed E-state index contributed by atoms with van der Waals surface area (Å²) in [5.41, 5.74) is 3.55. The molecule has 3 aromatic carbocycles. The molecule has 28 heavy (non-hydrogen) atoms. The number of hydrogen-bond donors (Lipinski definition) is 0. The van der Waals surface area contributed by atoms with Gasteiger partial charge in [0.05, 0.1) is 14.2 Å². The molecule has 1 heterocycles. The van der Waals surface area contributed by atoms with Gasteiger partial charge in [-0.05, 0) is 55.0 Å². The van der Waals surface area contributed by atoms with Gasteiger partial charge in [0.1, 0.15) is 11.5 Å². The van der Waals surface area contributed by atoms with E-state index < -0.39 is 0 Å². The van der Waals surface area contributed by atoms with Crippen molar-refractivity contribution in [3.8, 4) is 21.9 Å². The molecule has 0 bridgehead atoms. The fraction of sp³-hybridized carbons (Fsp3) is 0.125. The van der Waals surface area contributed by atoms with Crippen LogP contribution < -0.4 is 9.47 Å². The van der Waals surface area contributed by atoms with Crippen molar-refractivity contribution < 1.29 is 14.3 Å². The van der Waals surface area contributed by atoms with Crippen LogP contribution in [0, 0.1) is 6.92 Å². The fourth-order valence-electron chi connectivity index (χ4n) is 3.22. The van der Waals surface area contributed by atoms with Crippen molar-refractivity contribution >= 4 is 27.2 Å². The van der Waals surface area contributed by atoms with Crippen molar-refractivity contribution in [2.24, 2.45) is 0 Å². The summed E-state index contributed by atoms with van der Waals surface area (Å²) in [7, 11) is 3.30. The highest BCUT2D eigenvalue weighted by Gasteiger charge is 2.22. The molecule has 0 spiro atoms. The molecule has 1 aromatic heterocycles. The standard InChI is InChI=1S/C24H20O3S/c1-15-4-6-16(7-5-15)23(25)22-20-13-12-19(27-3)14-21(20)28-24(22)17-8-10-18(26-2)11-9-17/h4-14H,1-3H3. The molecule has 0 aliphatic carbocycles. The van der Waals surface area contributed by atoms with Gasteiger partial charge < -0.3 is 9.47 Å². The highest BCUT2D eigenvalue weighted by Crippen LogP contribution is 2.41. The Bertz CT molecular complexity index is 1140. The van der Waals surface area contributed by atoms with Gasteiger partial charge in [-0.2, -0.15) is 0 Å². The molecule has 0 aliphatic heterocycles. The van der Waals surface area contributed by atoms with Crippen LogP contribution in [-0.4, -0.2) is 20.0 Å². The van der Waals surface area contributed by atoms with Gasteiger partial charge in [0.25, 0.3) is 0 Å². The van der Waals surface area contributed by atoms with Gasteiger partial charge in [-0.3, -0.25) is 4.79 Å². The molecular formula is C24H20O3S. The van der Waals surface area contributed by atoms with Gasteiger partial charge in [-0.25, -0.2) is 0 Å². The van der Waals surface area contributed by atoms with Crippen LogP contribution >= 0.6 is 11.3 Å². The Morgan fingerprint density at radius 1 is 0.821 bits per heavy atom. The zero-order valence-corrected chi connectivity index (χ0v) is 16.8. The number of aryl methyl sites for hydroxylation is 1.